The van der Waals surface area contributed by atoms with Gasteiger partial charge >= 0.3 is 0 Å². The summed E-state index contributed by atoms with van der Waals surface area (Å²) in [6, 6.07) is 7.62. The summed E-state index contributed by atoms with van der Waals surface area (Å²) in [4.78, 5) is 27.3. The molecule has 1 saturated heterocycles. The van der Waals surface area contributed by atoms with Crippen molar-refractivity contribution in [2.75, 3.05) is 23.3 Å². The van der Waals surface area contributed by atoms with Crippen LogP contribution < -0.4 is 10.2 Å². The molecular weight excluding hydrogens is 304 g/mol. The molecule has 1 fully saturated rings. The number of aryl methyl sites for hydroxylation is 2. The monoisotopic (exact) mass is 326 g/mol. The van der Waals surface area contributed by atoms with E-state index in [0.29, 0.717) is 22.6 Å². The SMILES string of the molecule is Cc1nn(C)c(C)c1C(=O)C(=O)Nc1ccccc1N1CCCC1. The van der Waals surface area contributed by atoms with Crippen molar-refractivity contribution in [3.63, 3.8) is 0 Å². The Morgan fingerprint density at radius 1 is 1.12 bits per heavy atom. The molecule has 1 N–H and O–H groups in total. The van der Waals surface area contributed by atoms with Crippen LogP contribution in [0.1, 0.15) is 34.6 Å². The quantitative estimate of drug-likeness (QED) is 0.692. The molecule has 6 heteroatoms. The van der Waals surface area contributed by atoms with Gasteiger partial charge in [-0.3, -0.25) is 14.3 Å². The lowest BCUT2D eigenvalue weighted by atomic mass is 10.1. The Kier molecular flexibility index (Phi) is 4.38. The van der Waals surface area contributed by atoms with Crippen molar-refractivity contribution < 1.29 is 9.59 Å². The highest BCUT2D eigenvalue weighted by molar-refractivity contribution is 6.47. The summed E-state index contributed by atoms with van der Waals surface area (Å²) >= 11 is 0. The Labute approximate surface area is 141 Å². The van der Waals surface area contributed by atoms with Gasteiger partial charge in [0.1, 0.15) is 0 Å². The lowest BCUT2D eigenvalue weighted by molar-refractivity contribution is -0.112. The fourth-order valence-electron chi connectivity index (χ4n) is 3.21. The summed E-state index contributed by atoms with van der Waals surface area (Å²) in [5, 5.41) is 6.99. The number of nitrogens with zero attached hydrogens (tertiary/aromatic N) is 3. The zero-order valence-corrected chi connectivity index (χ0v) is 14.3. The maximum absolute atomic E-state index is 12.6. The summed E-state index contributed by atoms with van der Waals surface area (Å²) in [6.07, 6.45) is 2.30. The van der Waals surface area contributed by atoms with Crippen LogP contribution in [0, 0.1) is 13.8 Å². The molecule has 126 valence electrons. The molecule has 1 aromatic carbocycles. The first-order valence-corrected chi connectivity index (χ1v) is 8.19. The van der Waals surface area contributed by atoms with E-state index in [-0.39, 0.29) is 0 Å². The van der Waals surface area contributed by atoms with Gasteiger partial charge in [0, 0.05) is 25.8 Å². The highest BCUT2D eigenvalue weighted by Gasteiger charge is 2.25. The zero-order chi connectivity index (χ0) is 17.3. The first-order chi connectivity index (χ1) is 11.5. The summed E-state index contributed by atoms with van der Waals surface area (Å²) in [6.45, 7) is 5.48. The third-order valence-corrected chi connectivity index (χ3v) is 4.54. The standard InChI is InChI=1S/C18H22N4O2/c1-12-16(13(2)21(3)20-12)17(23)18(24)19-14-8-4-5-9-15(14)22-10-6-7-11-22/h4-5,8-9H,6-7,10-11H2,1-3H3,(H,19,24). The van der Waals surface area contributed by atoms with Crippen molar-refractivity contribution in [1.82, 2.24) is 9.78 Å². The largest absolute Gasteiger partial charge is 0.370 e. The number of Topliss-reactive ketones (excluding diaryl/α,β-unsaturated/α-hetero) is 1. The van der Waals surface area contributed by atoms with Crippen LogP contribution in [0.3, 0.4) is 0 Å². The molecule has 0 aliphatic carbocycles. The number of amides is 1. The van der Waals surface area contributed by atoms with Gasteiger partial charge in [0.05, 0.1) is 22.6 Å². The zero-order valence-electron chi connectivity index (χ0n) is 14.3. The summed E-state index contributed by atoms with van der Waals surface area (Å²) in [5.74, 6) is -1.17. The number of aromatic nitrogens is 2. The lowest BCUT2D eigenvalue weighted by Gasteiger charge is -2.21. The van der Waals surface area contributed by atoms with E-state index in [9.17, 15) is 9.59 Å². The molecule has 0 bridgehead atoms. The van der Waals surface area contributed by atoms with Gasteiger partial charge in [-0.05, 0) is 38.8 Å². The molecule has 1 aromatic heterocycles. The maximum atomic E-state index is 12.6. The van der Waals surface area contributed by atoms with Crippen LogP contribution in [0.25, 0.3) is 0 Å². The molecule has 0 radical (unpaired) electrons. The van der Waals surface area contributed by atoms with Gasteiger partial charge in [0.25, 0.3) is 11.7 Å². The Bertz CT molecular complexity index is 788. The molecule has 0 saturated carbocycles. The predicted molar refractivity (Wildman–Crippen MR) is 93.5 cm³/mol. The van der Waals surface area contributed by atoms with Crippen LogP contribution >= 0.6 is 0 Å². The number of anilines is 2. The molecule has 1 aliphatic heterocycles. The molecule has 0 spiro atoms. The van der Waals surface area contributed by atoms with E-state index in [4.69, 9.17) is 0 Å². The minimum Gasteiger partial charge on any atom is -0.370 e. The fraction of sp³-hybridized carbons (Fsp3) is 0.389. The van der Waals surface area contributed by atoms with Crippen molar-refractivity contribution in [1.29, 1.82) is 0 Å². The Hall–Kier alpha value is -2.63. The molecule has 1 aliphatic rings. The lowest BCUT2D eigenvalue weighted by Crippen LogP contribution is -2.26. The van der Waals surface area contributed by atoms with E-state index in [1.54, 1.807) is 25.6 Å². The minimum absolute atomic E-state index is 0.383. The maximum Gasteiger partial charge on any atom is 0.296 e. The highest BCUT2D eigenvalue weighted by atomic mass is 16.2. The number of benzene rings is 1. The molecule has 24 heavy (non-hydrogen) atoms. The van der Waals surface area contributed by atoms with Crippen molar-refractivity contribution in [2.24, 2.45) is 7.05 Å². The Balaban J connectivity index is 1.84. The molecule has 2 aromatic rings. The second kappa shape index (κ2) is 6.47. The van der Waals surface area contributed by atoms with Crippen molar-refractivity contribution in [3.05, 3.63) is 41.2 Å². The molecule has 0 atom stereocenters. The Morgan fingerprint density at radius 2 is 1.79 bits per heavy atom. The smallest absolute Gasteiger partial charge is 0.296 e. The van der Waals surface area contributed by atoms with E-state index in [1.165, 1.54) is 0 Å². The van der Waals surface area contributed by atoms with Crippen molar-refractivity contribution >= 4 is 23.1 Å². The molecule has 6 nitrogen and oxygen atoms in total. The normalized spacial score (nSPS) is 14.0. The first-order valence-electron chi connectivity index (χ1n) is 8.19. The van der Waals surface area contributed by atoms with Crippen LogP contribution in [-0.4, -0.2) is 34.6 Å². The number of hydrogen-bond acceptors (Lipinski definition) is 4. The molecule has 0 unspecified atom stereocenters. The number of hydrogen-bond donors (Lipinski definition) is 1. The molecule has 2 heterocycles. The number of para-hydroxylation sites is 2. The average molecular weight is 326 g/mol. The number of nitrogens with one attached hydrogen (secondary N) is 1. The van der Waals surface area contributed by atoms with Gasteiger partial charge < -0.3 is 10.2 Å². The molecule has 3 rings (SSSR count). The van der Waals surface area contributed by atoms with E-state index in [0.717, 1.165) is 31.6 Å². The number of ketones is 1. The third kappa shape index (κ3) is 2.91. The van der Waals surface area contributed by atoms with Gasteiger partial charge in [-0.15, -0.1) is 0 Å². The first kappa shape index (κ1) is 16.2. The fourth-order valence-corrected chi connectivity index (χ4v) is 3.21. The van der Waals surface area contributed by atoms with Crippen LogP contribution in [0.5, 0.6) is 0 Å². The van der Waals surface area contributed by atoms with Crippen LogP contribution in [-0.2, 0) is 11.8 Å². The average Bonchev–Trinajstić information content (AvgIpc) is 3.17. The highest BCUT2D eigenvalue weighted by Crippen LogP contribution is 2.28. The topological polar surface area (TPSA) is 67.2 Å². The van der Waals surface area contributed by atoms with Gasteiger partial charge in [0.2, 0.25) is 0 Å². The van der Waals surface area contributed by atoms with Crippen molar-refractivity contribution in [2.45, 2.75) is 26.7 Å². The second-order valence-electron chi connectivity index (χ2n) is 6.16. The van der Waals surface area contributed by atoms with E-state index in [1.807, 2.05) is 24.3 Å². The minimum atomic E-state index is -0.624. The number of rotatable bonds is 4. The summed E-state index contributed by atoms with van der Waals surface area (Å²) < 4.78 is 1.62. The second-order valence-corrected chi connectivity index (χ2v) is 6.16. The van der Waals surface area contributed by atoms with Crippen LogP contribution in [0.15, 0.2) is 24.3 Å². The van der Waals surface area contributed by atoms with E-state index >= 15 is 0 Å². The van der Waals surface area contributed by atoms with E-state index < -0.39 is 11.7 Å². The summed E-state index contributed by atoms with van der Waals surface area (Å²) in [5.41, 5.74) is 3.30. The van der Waals surface area contributed by atoms with Crippen LogP contribution in [0.2, 0.25) is 0 Å². The predicted octanol–water partition coefficient (Wildman–Crippen LogP) is 2.46. The molecular formula is C18H22N4O2. The van der Waals surface area contributed by atoms with Crippen molar-refractivity contribution in [3.8, 4) is 0 Å². The van der Waals surface area contributed by atoms with Gasteiger partial charge in [0.15, 0.2) is 0 Å². The molecule has 1 amide bonds. The number of carbonyl (C=O) groups excluding carboxylic acids is 2. The summed E-state index contributed by atoms with van der Waals surface area (Å²) in [7, 11) is 1.76. The van der Waals surface area contributed by atoms with E-state index in [2.05, 4.69) is 15.3 Å². The van der Waals surface area contributed by atoms with Crippen LogP contribution in [0.4, 0.5) is 11.4 Å². The van der Waals surface area contributed by atoms with Gasteiger partial charge in [-0.1, -0.05) is 12.1 Å². The third-order valence-electron chi connectivity index (χ3n) is 4.54. The van der Waals surface area contributed by atoms with Gasteiger partial charge in [-0.2, -0.15) is 5.10 Å². The number of carbonyl (C=O) groups is 2. The Morgan fingerprint density at radius 3 is 2.42 bits per heavy atom. The van der Waals surface area contributed by atoms with Gasteiger partial charge in [-0.25, -0.2) is 0 Å².